The predicted molar refractivity (Wildman–Crippen MR) is 98.5 cm³/mol. The van der Waals surface area contributed by atoms with Crippen molar-refractivity contribution in [3.05, 3.63) is 53.6 Å². The van der Waals surface area contributed by atoms with Crippen LogP contribution in [0.5, 0.6) is 11.5 Å². The summed E-state index contributed by atoms with van der Waals surface area (Å²) in [5, 5.41) is 0. The molecule has 3 rings (SSSR count). The van der Waals surface area contributed by atoms with E-state index in [1.807, 2.05) is 31.2 Å². The molecule has 0 aromatic heterocycles. The molecule has 6 nitrogen and oxygen atoms in total. The Morgan fingerprint density at radius 3 is 2.38 bits per heavy atom. The van der Waals surface area contributed by atoms with Crippen molar-refractivity contribution in [2.75, 3.05) is 32.2 Å². The van der Waals surface area contributed by atoms with Gasteiger partial charge in [-0.3, -0.25) is 9.59 Å². The number of benzene rings is 2. The predicted octanol–water partition coefficient (Wildman–Crippen LogP) is 2.39. The third-order valence-electron chi connectivity index (χ3n) is 4.44. The molecule has 2 aromatic carbocycles. The van der Waals surface area contributed by atoms with Crippen LogP contribution in [0.1, 0.15) is 11.1 Å². The number of nitrogens with zero attached hydrogens (tertiary/aromatic N) is 2. The Morgan fingerprint density at radius 2 is 1.69 bits per heavy atom. The number of ether oxygens (including phenoxy) is 2. The van der Waals surface area contributed by atoms with Gasteiger partial charge in [0, 0.05) is 31.4 Å². The standard InChI is InChI=1S/C20H22N2O4/c1-14-5-4-6-15(11-14)13-21-9-10-22(20(24)19(21)23)16-7-8-17(25-2)18(12-16)26-3/h4-8,11-12H,9-10,13H2,1-3H3. The average molecular weight is 354 g/mol. The van der Waals surface area contributed by atoms with Crippen LogP contribution in [-0.2, 0) is 16.1 Å². The summed E-state index contributed by atoms with van der Waals surface area (Å²) in [6, 6.07) is 13.1. The summed E-state index contributed by atoms with van der Waals surface area (Å²) in [6.45, 7) is 3.36. The number of methoxy groups -OCH3 is 2. The Balaban J connectivity index is 1.76. The molecule has 6 heteroatoms. The number of piperazine rings is 1. The molecular weight excluding hydrogens is 332 g/mol. The van der Waals surface area contributed by atoms with Crippen LogP contribution in [0.15, 0.2) is 42.5 Å². The summed E-state index contributed by atoms with van der Waals surface area (Å²) in [4.78, 5) is 28.2. The molecule has 0 spiro atoms. The number of anilines is 1. The van der Waals surface area contributed by atoms with Gasteiger partial charge in [-0.1, -0.05) is 29.8 Å². The molecule has 0 N–H and O–H groups in total. The van der Waals surface area contributed by atoms with Gasteiger partial charge in [-0.05, 0) is 24.6 Å². The van der Waals surface area contributed by atoms with Crippen LogP contribution in [0.4, 0.5) is 5.69 Å². The molecule has 0 aliphatic carbocycles. The fourth-order valence-electron chi connectivity index (χ4n) is 3.10. The summed E-state index contributed by atoms with van der Waals surface area (Å²) < 4.78 is 10.5. The fourth-order valence-corrected chi connectivity index (χ4v) is 3.10. The highest BCUT2D eigenvalue weighted by Crippen LogP contribution is 2.32. The zero-order valence-corrected chi connectivity index (χ0v) is 15.2. The molecule has 136 valence electrons. The number of rotatable bonds is 5. The number of hydrogen-bond donors (Lipinski definition) is 0. The maximum absolute atomic E-state index is 12.6. The molecule has 0 atom stereocenters. The van der Waals surface area contributed by atoms with Gasteiger partial charge in [0.1, 0.15) is 0 Å². The Labute approximate surface area is 152 Å². The zero-order valence-electron chi connectivity index (χ0n) is 15.2. The highest BCUT2D eigenvalue weighted by Gasteiger charge is 2.33. The van der Waals surface area contributed by atoms with E-state index in [4.69, 9.17) is 9.47 Å². The monoisotopic (exact) mass is 354 g/mol. The van der Waals surface area contributed by atoms with Crippen molar-refractivity contribution in [3.63, 3.8) is 0 Å². The quantitative estimate of drug-likeness (QED) is 0.774. The first kappa shape index (κ1) is 17.8. The second-order valence-electron chi connectivity index (χ2n) is 6.21. The number of carbonyl (C=O) groups is 2. The van der Waals surface area contributed by atoms with Gasteiger partial charge in [-0.25, -0.2) is 0 Å². The van der Waals surface area contributed by atoms with E-state index in [-0.39, 0.29) is 0 Å². The number of aryl methyl sites for hydroxylation is 1. The third-order valence-corrected chi connectivity index (χ3v) is 4.44. The largest absolute Gasteiger partial charge is 0.493 e. The normalized spacial score (nSPS) is 14.6. The van der Waals surface area contributed by atoms with Crippen LogP contribution in [0, 0.1) is 6.92 Å². The van der Waals surface area contributed by atoms with Crippen molar-refractivity contribution < 1.29 is 19.1 Å². The van der Waals surface area contributed by atoms with Gasteiger partial charge in [-0.15, -0.1) is 0 Å². The molecule has 0 radical (unpaired) electrons. The molecule has 0 bridgehead atoms. The first-order valence-corrected chi connectivity index (χ1v) is 8.42. The summed E-state index contributed by atoms with van der Waals surface area (Å²) in [5.74, 6) is 0.0733. The van der Waals surface area contributed by atoms with Crippen molar-refractivity contribution in [3.8, 4) is 11.5 Å². The van der Waals surface area contributed by atoms with E-state index in [2.05, 4.69) is 0 Å². The minimum Gasteiger partial charge on any atom is -0.493 e. The lowest BCUT2D eigenvalue weighted by Gasteiger charge is -2.34. The van der Waals surface area contributed by atoms with Gasteiger partial charge in [0.15, 0.2) is 11.5 Å². The third kappa shape index (κ3) is 3.49. The van der Waals surface area contributed by atoms with E-state index in [0.29, 0.717) is 36.8 Å². The van der Waals surface area contributed by atoms with Crippen LogP contribution in [-0.4, -0.2) is 44.0 Å². The first-order valence-electron chi connectivity index (χ1n) is 8.42. The molecule has 2 amide bonds. The van der Waals surface area contributed by atoms with Crippen molar-refractivity contribution in [1.29, 1.82) is 0 Å². The maximum atomic E-state index is 12.6. The van der Waals surface area contributed by atoms with Crippen LogP contribution in [0.25, 0.3) is 0 Å². The van der Waals surface area contributed by atoms with Crippen molar-refractivity contribution in [2.24, 2.45) is 0 Å². The lowest BCUT2D eigenvalue weighted by atomic mass is 10.1. The van der Waals surface area contributed by atoms with Crippen LogP contribution < -0.4 is 14.4 Å². The van der Waals surface area contributed by atoms with Gasteiger partial charge in [0.25, 0.3) is 0 Å². The fraction of sp³-hybridized carbons (Fsp3) is 0.300. The minimum absolute atomic E-state index is 0.436. The molecule has 1 fully saturated rings. The zero-order chi connectivity index (χ0) is 18.7. The topological polar surface area (TPSA) is 59.1 Å². The summed E-state index contributed by atoms with van der Waals surface area (Å²) in [6.07, 6.45) is 0. The number of hydrogen-bond acceptors (Lipinski definition) is 4. The van der Waals surface area contributed by atoms with Gasteiger partial charge in [-0.2, -0.15) is 0 Å². The highest BCUT2D eigenvalue weighted by molar-refractivity contribution is 6.40. The molecule has 1 saturated heterocycles. The Bertz CT molecular complexity index is 834. The van der Waals surface area contributed by atoms with Crippen molar-refractivity contribution >= 4 is 17.5 Å². The van der Waals surface area contributed by atoms with Crippen LogP contribution in [0.3, 0.4) is 0 Å². The van der Waals surface area contributed by atoms with Crippen molar-refractivity contribution in [2.45, 2.75) is 13.5 Å². The Hall–Kier alpha value is -3.02. The van der Waals surface area contributed by atoms with Gasteiger partial charge < -0.3 is 19.3 Å². The Kier molecular flexibility index (Phi) is 5.11. The molecule has 1 aliphatic heterocycles. The average Bonchev–Trinajstić information content (AvgIpc) is 2.65. The molecule has 1 aliphatic rings. The first-order chi connectivity index (χ1) is 12.5. The van der Waals surface area contributed by atoms with Crippen LogP contribution >= 0.6 is 0 Å². The highest BCUT2D eigenvalue weighted by atomic mass is 16.5. The molecule has 26 heavy (non-hydrogen) atoms. The molecule has 0 saturated carbocycles. The maximum Gasteiger partial charge on any atom is 0.316 e. The van der Waals surface area contributed by atoms with Crippen molar-refractivity contribution in [1.82, 2.24) is 4.90 Å². The van der Waals surface area contributed by atoms with E-state index in [1.54, 1.807) is 30.2 Å². The number of carbonyl (C=O) groups excluding carboxylic acids is 2. The molecule has 1 heterocycles. The second kappa shape index (κ2) is 7.47. The molecule has 2 aromatic rings. The van der Waals surface area contributed by atoms with Gasteiger partial charge >= 0.3 is 11.8 Å². The summed E-state index contributed by atoms with van der Waals surface area (Å²) >= 11 is 0. The van der Waals surface area contributed by atoms with E-state index in [9.17, 15) is 9.59 Å². The number of amides is 2. The lowest BCUT2D eigenvalue weighted by molar-refractivity contribution is -0.146. The van der Waals surface area contributed by atoms with E-state index >= 15 is 0 Å². The Morgan fingerprint density at radius 1 is 0.923 bits per heavy atom. The minimum atomic E-state index is -0.531. The van der Waals surface area contributed by atoms with Crippen LogP contribution in [0.2, 0.25) is 0 Å². The SMILES string of the molecule is COc1ccc(N2CCN(Cc3cccc(C)c3)C(=O)C2=O)cc1OC. The lowest BCUT2D eigenvalue weighted by Crippen LogP contribution is -2.54. The summed E-state index contributed by atoms with van der Waals surface area (Å²) in [7, 11) is 3.09. The smallest absolute Gasteiger partial charge is 0.316 e. The van der Waals surface area contributed by atoms with Gasteiger partial charge in [0.2, 0.25) is 0 Å². The van der Waals surface area contributed by atoms with Gasteiger partial charge in [0.05, 0.1) is 14.2 Å². The van der Waals surface area contributed by atoms with E-state index in [0.717, 1.165) is 11.1 Å². The molecule has 0 unspecified atom stereocenters. The summed E-state index contributed by atoms with van der Waals surface area (Å²) in [5.41, 5.74) is 2.77. The molecular formula is C20H22N2O4. The van der Waals surface area contributed by atoms with E-state index in [1.165, 1.54) is 12.0 Å². The van der Waals surface area contributed by atoms with E-state index < -0.39 is 11.8 Å². The second-order valence-corrected chi connectivity index (χ2v) is 6.21.